The summed E-state index contributed by atoms with van der Waals surface area (Å²) in [7, 11) is 1.38. The maximum Gasteiger partial charge on any atom is 0.341 e. The second kappa shape index (κ2) is 4.96. The van der Waals surface area contributed by atoms with Crippen LogP contribution in [-0.4, -0.2) is 24.6 Å². The lowest BCUT2D eigenvalue weighted by atomic mass is 9.85. The molecule has 86 valence electrons. The first-order valence-corrected chi connectivity index (χ1v) is 5.58. The second-order valence-corrected chi connectivity index (χ2v) is 4.07. The Kier molecular flexibility index (Phi) is 3.39. The monoisotopic (exact) mass is 220 g/mol. The van der Waals surface area contributed by atoms with E-state index in [9.17, 15) is 4.79 Å². The molecule has 0 saturated heterocycles. The summed E-state index contributed by atoms with van der Waals surface area (Å²) in [6, 6.07) is 3.46. The SMILES string of the molecule is COC(=O)c1cccnc1NCC1CCC1. The maximum absolute atomic E-state index is 11.5. The lowest BCUT2D eigenvalue weighted by Crippen LogP contribution is -2.22. The molecular formula is C12H16N2O2. The van der Waals surface area contributed by atoms with Crippen LogP contribution < -0.4 is 5.32 Å². The molecule has 1 aliphatic carbocycles. The van der Waals surface area contributed by atoms with Crippen molar-refractivity contribution in [3.05, 3.63) is 23.9 Å². The smallest absolute Gasteiger partial charge is 0.341 e. The molecule has 1 aliphatic rings. The molecule has 0 radical (unpaired) electrons. The van der Waals surface area contributed by atoms with Crippen LogP contribution in [0.1, 0.15) is 29.6 Å². The van der Waals surface area contributed by atoms with Gasteiger partial charge in [-0.3, -0.25) is 0 Å². The van der Waals surface area contributed by atoms with Crippen LogP contribution in [0.3, 0.4) is 0 Å². The molecule has 0 aliphatic heterocycles. The van der Waals surface area contributed by atoms with E-state index in [1.54, 1.807) is 18.3 Å². The Balaban J connectivity index is 2.03. The Hall–Kier alpha value is -1.58. The minimum Gasteiger partial charge on any atom is -0.465 e. The van der Waals surface area contributed by atoms with E-state index in [0.29, 0.717) is 11.4 Å². The number of anilines is 1. The summed E-state index contributed by atoms with van der Waals surface area (Å²) >= 11 is 0. The molecule has 4 heteroatoms. The predicted molar refractivity (Wildman–Crippen MR) is 61.4 cm³/mol. The fourth-order valence-corrected chi connectivity index (χ4v) is 1.76. The van der Waals surface area contributed by atoms with Crippen molar-refractivity contribution in [3.8, 4) is 0 Å². The first-order chi connectivity index (χ1) is 7.81. The van der Waals surface area contributed by atoms with Gasteiger partial charge in [-0.05, 0) is 30.9 Å². The van der Waals surface area contributed by atoms with Crippen molar-refractivity contribution in [1.82, 2.24) is 4.98 Å². The van der Waals surface area contributed by atoms with Gasteiger partial charge in [0.1, 0.15) is 11.4 Å². The van der Waals surface area contributed by atoms with Gasteiger partial charge in [0.25, 0.3) is 0 Å². The third kappa shape index (κ3) is 2.32. The normalized spacial score (nSPS) is 15.3. The molecule has 0 atom stereocenters. The minimum atomic E-state index is -0.343. The Labute approximate surface area is 95.0 Å². The van der Waals surface area contributed by atoms with Crippen molar-refractivity contribution in [2.75, 3.05) is 19.0 Å². The van der Waals surface area contributed by atoms with E-state index in [4.69, 9.17) is 4.74 Å². The quantitative estimate of drug-likeness (QED) is 0.789. The summed E-state index contributed by atoms with van der Waals surface area (Å²) in [4.78, 5) is 15.6. The van der Waals surface area contributed by atoms with Crippen LogP contribution in [0, 0.1) is 5.92 Å². The van der Waals surface area contributed by atoms with E-state index in [0.717, 1.165) is 12.5 Å². The summed E-state index contributed by atoms with van der Waals surface area (Å²) in [5.74, 6) is 1.01. The van der Waals surface area contributed by atoms with Crippen LogP contribution in [0.2, 0.25) is 0 Å². The molecule has 1 aromatic heterocycles. The number of nitrogens with one attached hydrogen (secondary N) is 1. The van der Waals surface area contributed by atoms with E-state index < -0.39 is 0 Å². The largest absolute Gasteiger partial charge is 0.465 e. The van der Waals surface area contributed by atoms with Crippen molar-refractivity contribution in [2.24, 2.45) is 5.92 Å². The highest BCUT2D eigenvalue weighted by Gasteiger charge is 2.18. The number of hydrogen-bond acceptors (Lipinski definition) is 4. The molecule has 0 spiro atoms. The summed E-state index contributed by atoms with van der Waals surface area (Å²) in [6.07, 6.45) is 5.54. The highest BCUT2D eigenvalue weighted by Crippen LogP contribution is 2.26. The van der Waals surface area contributed by atoms with E-state index in [2.05, 4.69) is 10.3 Å². The van der Waals surface area contributed by atoms with Crippen molar-refractivity contribution >= 4 is 11.8 Å². The topological polar surface area (TPSA) is 51.2 Å². The van der Waals surface area contributed by atoms with Gasteiger partial charge in [-0.25, -0.2) is 9.78 Å². The number of aromatic nitrogens is 1. The molecule has 4 nitrogen and oxygen atoms in total. The van der Waals surface area contributed by atoms with Gasteiger partial charge in [0, 0.05) is 12.7 Å². The first kappa shape index (κ1) is 10.9. The standard InChI is InChI=1S/C12H16N2O2/c1-16-12(15)10-6-3-7-13-11(10)14-8-9-4-2-5-9/h3,6-7,9H,2,4-5,8H2,1H3,(H,13,14). The molecule has 0 unspecified atom stereocenters. The predicted octanol–water partition coefficient (Wildman–Crippen LogP) is 2.08. The fraction of sp³-hybridized carbons (Fsp3) is 0.500. The second-order valence-electron chi connectivity index (χ2n) is 4.07. The van der Waals surface area contributed by atoms with Gasteiger partial charge in [-0.2, -0.15) is 0 Å². The molecule has 1 N–H and O–H groups in total. The van der Waals surface area contributed by atoms with Crippen molar-refractivity contribution in [3.63, 3.8) is 0 Å². The van der Waals surface area contributed by atoms with Crippen LogP contribution in [0.25, 0.3) is 0 Å². The Morgan fingerprint density at radius 2 is 2.44 bits per heavy atom. The zero-order chi connectivity index (χ0) is 11.4. The van der Waals surface area contributed by atoms with E-state index >= 15 is 0 Å². The number of hydrogen-bond donors (Lipinski definition) is 1. The number of rotatable bonds is 4. The lowest BCUT2D eigenvalue weighted by molar-refractivity contribution is 0.0601. The zero-order valence-corrected chi connectivity index (χ0v) is 9.40. The van der Waals surface area contributed by atoms with Crippen molar-refractivity contribution < 1.29 is 9.53 Å². The van der Waals surface area contributed by atoms with Gasteiger partial charge in [0.05, 0.1) is 7.11 Å². The molecule has 0 amide bonds. The molecular weight excluding hydrogens is 204 g/mol. The number of carbonyl (C=O) groups excluding carboxylic acids is 1. The molecule has 1 aromatic rings. The fourth-order valence-electron chi connectivity index (χ4n) is 1.76. The van der Waals surface area contributed by atoms with Crippen LogP contribution >= 0.6 is 0 Å². The van der Waals surface area contributed by atoms with Gasteiger partial charge in [0.15, 0.2) is 0 Å². The highest BCUT2D eigenvalue weighted by molar-refractivity contribution is 5.94. The lowest BCUT2D eigenvalue weighted by Gasteiger charge is -2.25. The molecule has 16 heavy (non-hydrogen) atoms. The van der Waals surface area contributed by atoms with Gasteiger partial charge in [-0.1, -0.05) is 6.42 Å². The summed E-state index contributed by atoms with van der Waals surface area (Å²) < 4.78 is 4.71. The van der Waals surface area contributed by atoms with E-state index in [-0.39, 0.29) is 5.97 Å². The number of carbonyl (C=O) groups is 1. The summed E-state index contributed by atoms with van der Waals surface area (Å²) in [5, 5.41) is 3.22. The van der Waals surface area contributed by atoms with Crippen LogP contribution in [0.4, 0.5) is 5.82 Å². The van der Waals surface area contributed by atoms with E-state index in [1.807, 2.05) is 0 Å². The van der Waals surface area contributed by atoms with Crippen molar-refractivity contribution in [1.29, 1.82) is 0 Å². The first-order valence-electron chi connectivity index (χ1n) is 5.58. The van der Waals surface area contributed by atoms with Crippen molar-refractivity contribution in [2.45, 2.75) is 19.3 Å². The van der Waals surface area contributed by atoms with Gasteiger partial charge < -0.3 is 10.1 Å². The van der Waals surface area contributed by atoms with Gasteiger partial charge >= 0.3 is 5.97 Å². The average Bonchev–Trinajstić information content (AvgIpc) is 2.26. The van der Waals surface area contributed by atoms with Gasteiger partial charge in [-0.15, -0.1) is 0 Å². The van der Waals surface area contributed by atoms with E-state index in [1.165, 1.54) is 26.4 Å². The van der Waals surface area contributed by atoms with Crippen LogP contribution in [-0.2, 0) is 4.74 Å². The summed E-state index contributed by atoms with van der Waals surface area (Å²) in [5.41, 5.74) is 0.504. The van der Waals surface area contributed by atoms with Crippen LogP contribution in [0.5, 0.6) is 0 Å². The average molecular weight is 220 g/mol. The number of pyridine rings is 1. The van der Waals surface area contributed by atoms with Gasteiger partial charge in [0.2, 0.25) is 0 Å². The third-order valence-electron chi connectivity index (χ3n) is 3.00. The van der Waals surface area contributed by atoms with Crippen LogP contribution in [0.15, 0.2) is 18.3 Å². The Morgan fingerprint density at radius 3 is 3.06 bits per heavy atom. The molecule has 1 saturated carbocycles. The molecule has 0 bridgehead atoms. The zero-order valence-electron chi connectivity index (χ0n) is 9.40. The molecule has 1 fully saturated rings. The highest BCUT2D eigenvalue weighted by atomic mass is 16.5. The Morgan fingerprint density at radius 1 is 1.62 bits per heavy atom. The molecule has 2 rings (SSSR count). The Bertz CT molecular complexity index is 375. The number of methoxy groups -OCH3 is 1. The number of nitrogens with zero attached hydrogens (tertiary/aromatic N) is 1. The number of esters is 1. The molecule has 0 aromatic carbocycles. The minimum absolute atomic E-state index is 0.343. The summed E-state index contributed by atoms with van der Waals surface area (Å²) in [6.45, 7) is 0.890. The number of ether oxygens (including phenoxy) is 1. The molecule has 1 heterocycles. The maximum atomic E-state index is 11.5. The third-order valence-corrected chi connectivity index (χ3v) is 3.00.